The second-order valence-corrected chi connectivity index (χ2v) is 6.63. The average molecular weight is 303 g/mol. The topological polar surface area (TPSA) is 74.8 Å². The van der Waals surface area contributed by atoms with Gasteiger partial charge in [-0.05, 0) is 38.2 Å². The Bertz CT molecular complexity index is 702. The Morgan fingerprint density at radius 1 is 1.48 bits per heavy atom. The van der Waals surface area contributed by atoms with Crippen molar-refractivity contribution in [3.05, 3.63) is 34.1 Å². The average Bonchev–Trinajstić information content (AvgIpc) is 3.03. The number of rotatable bonds is 3. The predicted molar refractivity (Wildman–Crippen MR) is 82.1 cm³/mol. The van der Waals surface area contributed by atoms with Crippen molar-refractivity contribution >= 4 is 28.2 Å². The largest absolute Gasteiger partial charge is 0.356 e. The van der Waals surface area contributed by atoms with Crippen LogP contribution in [0.5, 0.6) is 0 Å². The lowest BCUT2D eigenvalue weighted by Crippen LogP contribution is -2.12. The summed E-state index contributed by atoms with van der Waals surface area (Å²) >= 11 is 1.55. The number of Topliss-reactive ketones (excluding diaryl/α,β-unsaturated/α-hetero) is 1. The van der Waals surface area contributed by atoms with Gasteiger partial charge in [0.2, 0.25) is 0 Å². The number of thiazole rings is 1. The summed E-state index contributed by atoms with van der Waals surface area (Å²) in [5.41, 5.74) is 2.00. The number of aryl methyl sites for hydroxylation is 1. The molecule has 1 aliphatic carbocycles. The maximum Gasteiger partial charge on any atom is 0.273 e. The van der Waals surface area contributed by atoms with E-state index in [9.17, 15) is 9.59 Å². The Balaban J connectivity index is 1.74. The van der Waals surface area contributed by atoms with Crippen molar-refractivity contribution < 1.29 is 9.59 Å². The zero-order chi connectivity index (χ0) is 15.0. The molecule has 2 heterocycles. The smallest absolute Gasteiger partial charge is 0.273 e. The quantitative estimate of drug-likeness (QED) is 0.856. The van der Waals surface area contributed by atoms with Crippen molar-refractivity contribution in [3.63, 3.8) is 0 Å². The standard InChI is InChI=1S/C15H17N3O2S/c1-8-3-4-11-13(5-8)21-15(17-11)18-14(20)12-6-10(7-16-12)9(2)19/h6-8,16H,3-5H2,1-2H3,(H,17,18,20)/t8-/m0/s1. The van der Waals surface area contributed by atoms with E-state index in [-0.39, 0.29) is 11.7 Å². The number of fused-ring (bicyclic) bond motifs is 1. The first-order valence-corrected chi connectivity index (χ1v) is 7.84. The molecular formula is C15H17N3O2S. The van der Waals surface area contributed by atoms with Crippen LogP contribution >= 0.6 is 11.3 Å². The molecule has 3 rings (SSSR count). The van der Waals surface area contributed by atoms with Gasteiger partial charge in [-0.15, -0.1) is 11.3 Å². The van der Waals surface area contributed by atoms with E-state index in [1.165, 1.54) is 11.8 Å². The van der Waals surface area contributed by atoms with E-state index in [1.807, 2.05) is 0 Å². The van der Waals surface area contributed by atoms with Crippen LogP contribution < -0.4 is 5.32 Å². The highest BCUT2D eigenvalue weighted by Gasteiger charge is 2.21. The Kier molecular flexibility index (Phi) is 3.63. The number of hydrogen-bond acceptors (Lipinski definition) is 4. The molecule has 0 saturated heterocycles. The number of anilines is 1. The van der Waals surface area contributed by atoms with Crippen LogP contribution in [-0.4, -0.2) is 21.7 Å². The van der Waals surface area contributed by atoms with E-state index in [0.29, 0.717) is 22.3 Å². The van der Waals surface area contributed by atoms with Crippen LogP contribution in [0.2, 0.25) is 0 Å². The number of nitrogens with zero attached hydrogens (tertiary/aromatic N) is 1. The minimum absolute atomic E-state index is 0.0657. The molecule has 0 saturated carbocycles. The molecule has 1 amide bonds. The highest BCUT2D eigenvalue weighted by molar-refractivity contribution is 7.15. The van der Waals surface area contributed by atoms with Crippen LogP contribution in [0.25, 0.3) is 0 Å². The number of carbonyl (C=O) groups excluding carboxylic acids is 2. The summed E-state index contributed by atoms with van der Waals surface area (Å²) in [5.74, 6) is 0.355. The molecule has 0 aliphatic heterocycles. The summed E-state index contributed by atoms with van der Waals surface area (Å²) < 4.78 is 0. The first kappa shape index (κ1) is 14.0. The second kappa shape index (κ2) is 5.44. The van der Waals surface area contributed by atoms with Crippen LogP contribution in [0.4, 0.5) is 5.13 Å². The first-order valence-electron chi connectivity index (χ1n) is 7.02. The van der Waals surface area contributed by atoms with Crippen molar-refractivity contribution in [2.45, 2.75) is 33.1 Å². The summed E-state index contributed by atoms with van der Waals surface area (Å²) in [7, 11) is 0. The molecule has 6 heteroatoms. The number of amides is 1. The molecular weight excluding hydrogens is 286 g/mol. The van der Waals surface area contributed by atoms with Gasteiger partial charge in [-0.2, -0.15) is 0 Å². The SMILES string of the molecule is CC(=O)c1c[nH]c(C(=O)Nc2nc3c(s2)C[C@@H](C)CC3)c1. The van der Waals surface area contributed by atoms with Crippen molar-refractivity contribution in [3.8, 4) is 0 Å². The second-order valence-electron chi connectivity index (χ2n) is 5.55. The molecule has 0 unspecified atom stereocenters. The van der Waals surface area contributed by atoms with Crippen LogP contribution in [0.3, 0.4) is 0 Å². The lowest BCUT2D eigenvalue weighted by atomic mass is 9.93. The van der Waals surface area contributed by atoms with Crippen LogP contribution in [-0.2, 0) is 12.8 Å². The Morgan fingerprint density at radius 3 is 3.00 bits per heavy atom. The summed E-state index contributed by atoms with van der Waals surface area (Å²) in [6, 6.07) is 1.56. The van der Waals surface area contributed by atoms with E-state index in [0.717, 1.165) is 25.0 Å². The molecule has 2 aromatic rings. The fourth-order valence-electron chi connectivity index (χ4n) is 2.49. The molecule has 1 atom stereocenters. The number of ketones is 1. The van der Waals surface area contributed by atoms with Crippen molar-refractivity contribution in [1.29, 1.82) is 0 Å². The van der Waals surface area contributed by atoms with Gasteiger partial charge in [-0.3, -0.25) is 14.9 Å². The Morgan fingerprint density at radius 2 is 2.29 bits per heavy atom. The Hall–Kier alpha value is -1.95. The minimum atomic E-state index is -0.262. The first-order chi connectivity index (χ1) is 10.0. The number of aromatic amines is 1. The Labute approximate surface area is 126 Å². The number of H-pyrrole nitrogens is 1. The van der Waals surface area contributed by atoms with E-state index < -0.39 is 0 Å². The zero-order valence-electron chi connectivity index (χ0n) is 12.0. The summed E-state index contributed by atoms with van der Waals surface area (Å²) in [6.07, 6.45) is 4.73. The molecule has 0 bridgehead atoms. The maximum atomic E-state index is 12.1. The molecule has 2 aromatic heterocycles. The number of hydrogen-bond donors (Lipinski definition) is 2. The molecule has 0 aromatic carbocycles. The van der Waals surface area contributed by atoms with E-state index in [1.54, 1.807) is 23.6 Å². The molecule has 110 valence electrons. The van der Waals surface area contributed by atoms with Gasteiger partial charge >= 0.3 is 0 Å². The molecule has 21 heavy (non-hydrogen) atoms. The number of aromatic nitrogens is 2. The predicted octanol–water partition coefficient (Wildman–Crippen LogP) is 3.05. The van der Waals surface area contributed by atoms with Gasteiger partial charge in [-0.25, -0.2) is 4.98 Å². The van der Waals surface area contributed by atoms with E-state index in [4.69, 9.17) is 0 Å². The van der Waals surface area contributed by atoms with Gasteiger partial charge in [0.05, 0.1) is 5.69 Å². The number of nitrogens with one attached hydrogen (secondary N) is 2. The molecule has 0 spiro atoms. The van der Waals surface area contributed by atoms with Crippen LogP contribution in [0.1, 0.15) is 51.7 Å². The fourth-order valence-corrected chi connectivity index (χ4v) is 3.65. The van der Waals surface area contributed by atoms with Crippen molar-refractivity contribution in [2.24, 2.45) is 5.92 Å². The summed E-state index contributed by atoms with van der Waals surface area (Å²) in [4.78, 5) is 32.0. The highest BCUT2D eigenvalue weighted by Crippen LogP contribution is 2.32. The third kappa shape index (κ3) is 2.90. The normalized spacial score (nSPS) is 17.3. The summed E-state index contributed by atoms with van der Waals surface area (Å²) in [5, 5.41) is 3.45. The minimum Gasteiger partial charge on any atom is -0.356 e. The van der Waals surface area contributed by atoms with Gasteiger partial charge in [0.1, 0.15) is 5.69 Å². The highest BCUT2D eigenvalue weighted by atomic mass is 32.1. The van der Waals surface area contributed by atoms with E-state index >= 15 is 0 Å². The monoisotopic (exact) mass is 303 g/mol. The fraction of sp³-hybridized carbons (Fsp3) is 0.400. The van der Waals surface area contributed by atoms with Gasteiger partial charge in [0.25, 0.3) is 5.91 Å². The van der Waals surface area contributed by atoms with Gasteiger partial charge in [0.15, 0.2) is 10.9 Å². The number of carbonyl (C=O) groups is 2. The third-order valence-corrected chi connectivity index (χ3v) is 4.78. The zero-order valence-corrected chi connectivity index (χ0v) is 12.8. The third-order valence-electron chi connectivity index (χ3n) is 3.74. The molecule has 1 aliphatic rings. The maximum absolute atomic E-state index is 12.1. The lowest BCUT2D eigenvalue weighted by Gasteiger charge is -2.15. The van der Waals surface area contributed by atoms with Crippen LogP contribution in [0.15, 0.2) is 12.3 Å². The van der Waals surface area contributed by atoms with Gasteiger partial charge in [-0.1, -0.05) is 6.92 Å². The van der Waals surface area contributed by atoms with Gasteiger partial charge < -0.3 is 4.98 Å². The van der Waals surface area contributed by atoms with Gasteiger partial charge in [0, 0.05) is 16.6 Å². The molecule has 2 N–H and O–H groups in total. The van der Waals surface area contributed by atoms with Crippen molar-refractivity contribution in [2.75, 3.05) is 5.32 Å². The summed E-state index contributed by atoms with van der Waals surface area (Å²) in [6.45, 7) is 3.71. The molecule has 0 radical (unpaired) electrons. The molecule has 0 fully saturated rings. The van der Waals surface area contributed by atoms with Crippen LogP contribution in [0, 0.1) is 5.92 Å². The molecule has 5 nitrogen and oxygen atoms in total. The van der Waals surface area contributed by atoms with E-state index in [2.05, 4.69) is 22.2 Å². The lowest BCUT2D eigenvalue weighted by molar-refractivity contribution is 0.101. The van der Waals surface area contributed by atoms with Crippen molar-refractivity contribution in [1.82, 2.24) is 9.97 Å².